The minimum atomic E-state index is -0.433. The van der Waals surface area contributed by atoms with Gasteiger partial charge in [0.1, 0.15) is 5.82 Å². The van der Waals surface area contributed by atoms with E-state index >= 15 is 0 Å². The maximum atomic E-state index is 12.9. The zero-order valence-corrected chi connectivity index (χ0v) is 10.8. The summed E-state index contributed by atoms with van der Waals surface area (Å²) in [5, 5.41) is 2.77. The van der Waals surface area contributed by atoms with Crippen LogP contribution in [0.25, 0.3) is 0 Å². The van der Waals surface area contributed by atoms with Crippen LogP contribution in [0.5, 0.6) is 0 Å². The van der Waals surface area contributed by atoms with Crippen molar-refractivity contribution in [1.82, 2.24) is 5.32 Å². The van der Waals surface area contributed by atoms with Gasteiger partial charge in [0.2, 0.25) is 5.91 Å². The van der Waals surface area contributed by atoms with Crippen LogP contribution < -0.4 is 11.1 Å². The molecule has 0 aliphatic rings. The molecule has 0 radical (unpaired) electrons. The molecule has 0 aromatic heterocycles. The summed E-state index contributed by atoms with van der Waals surface area (Å²) >= 11 is 0. The van der Waals surface area contributed by atoms with Gasteiger partial charge in [-0.15, -0.1) is 0 Å². The Balaban J connectivity index is 2.27. The first-order valence-electron chi connectivity index (χ1n) is 6.41. The second kappa shape index (κ2) is 7.82. The Kier molecular flexibility index (Phi) is 6.36. The lowest BCUT2D eigenvalue weighted by Gasteiger charge is -2.11. The fourth-order valence-corrected chi connectivity index (χ4v) is 1.71. The fraction of sp³-hybridized carbons (Fsp3) is 0.500. The Morgan fingerprint density at radius 1 is 1.50 bits per heavy atom. The summed E-state index contributed by atoms with van der Waals surface area (Å²) in [4.78, 5) is 11.6. The molecule has 0 spiro atoms. The first-order chi connectivity index (χ1) is 8.63. The van der Waals surface area contributed by atoms with Gasteiger partial charge < -0.3 is 11.1 Å². The lowest BCUT2D eigenvalue weighted by atomic mass is 10.1. The Morgan fingerprint density at radius 2 is 2.28 bits per heavy atom. The molecule has 0 heterocycles. The number of halogens is 1. The third kappa shape index (κ3) is 5.27. The number of benzene rings is 1. The third-order valence-corrected chi connectivity index (χ3v) is 2.81. The van der Waals surface area contributed by atoms with E-state index in [2.05, 4.69) is 12.2 Å². The second-order valence-electron chi connectivity index (χ2n) is 4.42. The highest BCUT2D eigenvalue weighted by molar-refractivity contribution is 5.81. The van der Waals surface area contributed by atoms with E-state index in [1.165, 1.54) is 12.1 Å². The summed E-state index contributed by atoms with van der Waals surface area (Å²) in [6.07, 6.45) is 3.31. The van der Waals surface area contributed by atoms with Gasteiger partial charge in [0.15, 0.2) is 0 Å². The minimum absolute atomic E-state index is 0.125. The van der Waals surface area contributed by atoms with E-state index in [1.54, 1.807) is 6.07 Å². The van der Waals surface area contributed by atoms with Gasteiger partial charge in [0, 0.05) is 6.54 Å². The molecule has 1 aromatic carbocycles. The lowest BCUT2D eigenvalue weighted by Crippen LogP contribution is -2.41. The molecule has 100 valence electrons. The van der Waals surface area contributed by atoms with Crippen molar-refractivity contribution in [3.8, 4) is 0 Å². The molecule has 1 amide bonds. The quantitative estimate of drug-likeness (QED) is 0.780. The summed E-state index contributed by atoms with van der Waals surface area (Å²) in [5.41, 5.74) is 6.61. The van der Waals surface area contributed by atoms with E-state index in [9.17, 15) is 9.18 Å². The van der Waals surface area contributed by atoms with Gasteiger partial charge in [0.05, 0.1) is 6.04 Å². The van der Waals surface area contributed by atoms with Crippen molar-refractivity contribution in [1.29, 1.82) is 0 Å². The number of hydrogen-bond donors (Lipinski definition) is 2. The van der Waals surface area contributed by atoms with Crippen LogP contribution in [-0.4, -0.2) is 18.5 Å². The molecular weight excluding hydrogens is 231 g/mol. The second-order valence-corrected chi connectivity index (χ2v) is 4.42. The van der Waals surface area contributed by atoms with Crippen LogP contribution in [-0.2, 0) is 11.2 Å². The first kappa shape index (κ1) is 14.6. The number of carbonyl (C=O) groups excluding carboxylic acids is 1. The Morgan fingerprint density at radius 3 is 2.94 bits per heavy atom. The van der Waals surface area contributed by atoms with Gasteiger partial charge in [-0.25, -0.2) is 4.39 Å². The number of amides is 1. The highest BCUT2D eigenvalue weighted by Gasteiger charge is 2.11. The molecule has 0 saturated carbocycles. The Hall–Kier alpha value is -1.42. The molecule has 3 N–H and O–H groups in total. The van der Waals surface area contributed by atoms with Crippen molar-refractivity contribution in [2.24, 2.45) is 5.73 Å². The topological polar surface area (TPSA) is 55.1 Å². The standard InChI is InChI=1S/C14H21FN2O/c1-2-3-7-13(16)14(18)17-9-8-11-5-4-6-12(15)10-11/h4-6,10,13H,2-3,7-9,16H2,1H3,(H,17,18)/t13-/m0/s1. The zero-order valence-electron chi connectivity index (χ0n) is 10.8. The SMILES string of the molecule is CCCC[C@H](N)C(=O)NCCc1cccc(F)c1. The largest absolute Gasteiger partial charge is 0.354 e. The van der Waals surface area contributed by atoms with Crippen molar-refractivity contribution in [3.05, 3.63) is 35.6 Å². The smallest absolute Gasteiger partial charge is 0.236 e. The van der Waals surface area contributed by atoms with Gasteiger partial charge in [-0.05, 0) is 30.5 Å². The summed E-state index contributed by atoms with van der Waals surface area (Å²) in [6.45, 7) is 2.55. The molecule has 4 heteroatoms. The Bertz CT molecular complexity index is 382. The summed E-state index contributed by atoms with van der Waals surface area (Å²) in [7, 11) is 0. The molecule has 3 nitrogen and oxygen atoms in total. The van der Waals surface area contributed by atoms with Crippen LogP contribution in [0.2, 0.25) is 0 Å². The Labute approximate surface area is 108 Å². The molecule has 0 saturated heterocycles. The highest BCUT2D eigenvalue weighted by Crippen LogP contribution is 2.03. The van der Waals surface area contributed by atoms with Crippen molar-refractivity contribution in [2.45, 2.75) is 38.6 Å². The van der Waals surface area contributed by atoms with E-state index in [0.29, 0.717) is 19.4 Å². The van der Waals surface area contributed by atoms with Gasteiger partial charge in [-0.3, -0.25) is 4.79 Å². The summed E-state index contributed by atoms with van der Waals surface area (Å²) in [5.74, 6) is -0.377. The number of rotatable bonds is 7. The van der Waals surface area contributed by atoms with Gasteiger partial charge in [-0.2, -0.15) is 0 Å². The predicted molar refractivity (Wildman–Crippen MR) is 70.6 cm³/mol. The van der Waals surface area contributed by atoms with E-state index in [1.807, 2.05) is 6.07 Å². The zero-order chi connectivity index (χ0) is 13.4. The highest BCUT2D eigenvalue weighted by atomic mass is 19.1. The van der Waals surface area contributed by atoms with Crippen molar-refractivity contribution in [2.75, 3.05) is 6.54 Å². The molecule has 0 aliphatic heterocycles. The molecule has 1 aromatic rings. The average Bonchev–Trinajstić information content (AvgIpc) is 2.35. The molecule has 0 aliphatic carbocycles. The minimum Gasteiger partial charge on any atom is -0.354 e. The summed E-state index contributed by atoms with van der Waals surface area (Å²) < 4.78 is 12.9. The number of hydrogen-bond acceptors (Lipinski definition) is 2. The molecule has 0 fully saturated rings. The van der Waals surface area contributed by atoms with Crippen molar-refractivity contribution < 1.29 is 9.18 Å². The summed E-state index contributed by atoms with van der Waals surface area (Å²) in [6, 6.07) is 5.95. The van der Waals surface area contributed by atoms with Crippen molar-refractivity contribution >= 4 is 5.91 Å². The average molecular weight is 252 g/mol. The normalized spacial score (nSPS) is 12.2. The molecule has 1 rings (SSSR count). The van der Waals surface area contributed by atoms with E-state index in [-0.39, 0.29) is 11.7 Å². The number of carbonyl (C=O) groups is 1. The molecule has 18 heavy (non-hydrogen) atoms. The molecular formula is C14H21FN2O. The van der Waals surface area contributed by atoms with E-state index < -0.39 is 6.04 Å². The maximum Gasteiger partial charge on any atom is 0.236 e. The van der Waals surface area contributed by atoms with Crippen molar-refractivity contribution in [3.63, 3.8) is 0 Å². The van der Waals surface area contributed by atoms with Crippen LogP contribution in [0.4, 0.5) is 4.39 Å². The first-order valence-corrected chi connectivity index (χ1v) is 6.41. The number of nitrogens with two attached hydrogens (primary N) is 1. The lowest BCUT2D eigenvalue weighted by molar-refractivity contribution is -0.122. The van der Waals surface area contributed by atoms with E-state index in [0.717, 1.165) is 18.4 Å². The van der Waals surface area contributed by atoms with Crippen LogP contribution >= 0.6 is 0 Å². The molecule has 0 bridgehead atoms. The predicted octanol–water partition coefficient (Wildman–Crippen LogP) is 2.00. The van der Waals surface area contributed by atoms with Crippen LogP contribution in [0, 0.1) is 5.82 Å². The fourth-order valence-electron chi connectivity index (χ4n) is 1.71. The third-order valence-electron chi connectivity index (χ3n) is 2.81. The number of nitrogens with one attached hydrogen (secondary N) is 1. The van der Waals surface area contributed by atoms with E-state index in [4.69, 9.17) is 5.73 Å². The molecule has 0 unspecified atom stereocenters. The molecule has 1 atom stereocenters. The van der Waals surface area contributed by atoms with Crippen LogP contribution in [0.15, 0.2) is 24.3 Å². The maximum absolute atomic E-state index is 12.9. The monoisotopic (exact) mass is 252 g/mol. The van der Waals surface area contributed by atoms with Crippen LogP contribution in [0.3, 0.4) is 0 Å². The van der Waals surface area contributed by atoms with Gasteiger partial charge in [0.25, 0.3) is 0 Å². The number of unbranched alkanes of at least 4 members (excludes halogenated alkanes) is 1. The van der Waals surface area contributed by atoms with Crippen LogP contribution in [0.1, 0.15) is 31.7 Å². The van der Waals surface area contributed by atoms with Gasteiger partial charge in [-0.1, -0.05) is 31.9 Å². The van der Waals surface area contributed by atoms with Gasteiger partial charge >= 0.3 is 0 Å².